The predicted octanol–water partition coefficient (Wildman–Crippen LogP) is 0.550. The van der Waals surface area contributed by atoms with Gasteiger partial charge < -0.3 is 9.80 Å². The molecular weight excluding hydrogens is 224 g/mol. The number of nitrogens with zero attached hydrogens (tertiary/aromatic N) is 1. The summed E-state index contributed by atoms with van der Waals surface area (Å²) in [5, 5.41) is 0. The highest BCUT2D eigenvalue weighted by molar-refractivity contribution is 5.73. The molecule has 98 valence electrons. The largest absolute Gasteiger partial charge is 0.332 e. The summed E-state index contributed by atoms with van der Waals surface area (Å²) in [4.78, 5) is 14.8. The first-order valence-corrected chi connectivity index (χ1v) is 6.71. The zero-order valence-corrected chi connectivity index (χ0v) is 11.6. The van der Waals surface area contributed by atoms with Crippen LogP contribution in [0.15, 0.2) is 18.2 Å². The minimum absolute atomic E-state index is 0.209. The van der Waals surface area contributed by atoms with E-state index in [1.54, 1.807) is 11.8 Å². The summed E-state index contributed by atoms with van der Waals surface area (Å²) < 4.78 is 0. The minimum atomic E-state index is 0.209. The molecule has 1 aromatic rings. The van der Waals surface area contributed by atoms with Gasteiger partial charge >= 0.3 is 0 Å². The number of hydrogen-bond donors (Lipinski definition) is 1. The first-order valence-electron chi connectivity index (χ1n) is 6.71. The van der Waals surface area contributed by atoms with Crippen molar-refractivity contribution in [1.82, 2.24) is 4.90 Å². The molecule has 1 heterocycles. The molecule has 0 atom stereocenters. The Kier molecular flexibility index (Phi) is 4.02. The standard InChI is InChI=1S/C15H22N2O/c1-12-4-5-13(2)15(10-12)11-16-6-8-17(9-7-16)14(3)18/h4-5,10H,6-9,11H2,1-3H3/p+1. The Balaban J connectivity index is 1.95. The number of amides is 1. The van der Waals surface area contributed by atoms with Crippen LogP contribution in [-0.4, -0.2) is 37.0 Å². The summed E-state index contributed by atoms with van der Waals surface area (Å²) in [6, 6.07) is 6.66. The maximum absolute atomic E-state index is 11.3. The van der Waals surface area contributed by atoms with Crippen LogP contribution in [0.2, 0.25) is 0 Å². The van der Waals surface area contributed by atoms with Crippen molar-refractivity contribution in [3.8, 4) is 0 Å². The van der Waals surface area contributed by atoms with Gasteiger partial charge in [0.05, 0.1) is 26.2 Å². The lowest BCUT2D eigenvalue weighted by Gasteiger charge is -2.31. The van der Waals surface area contributed by atoms with Crippen molar-refractivity contribution in [2.24, 2.45) is 0 Å². The number of carbonyl (C=O) groups is 1. The van der Waals surface area contributed by atoms with Crippen LogP contribution in [-0.2, 0) is 11.3 Å². The smallest absolute Gasteiger partial charge is 0.219 e. The van der Waals surface area contributed by atoms with Crippen LogP contribution >= 0.6 is 0 Å². The lowest BCUT2D eigenvalue weighted by Crippen LogP contribution is -3.13. The molecule has 0 aromatic heterocycles. The molecule has 1 aliphatic rings. The highest BCUT2D eigenvalue weighted by Gasteiger charge is 2.21. The third kappa shape index (κ3) is 3.10. The van der Waals surface area contributed by atoms with Crippen molar-refractivity contribution in [1.29, 1.82) is 0 Å². The molecule has 1 saturated heterocycles. The minimum Gasteiger partial charge on any atom is -0.332 e. The van der Waals surface area contributed by atoms with Crippen molar-refractivity contribution >= 4 is 5.91 Å². The second kappa shape index (κ2) is 5.53. The van der Waals surface area contributed by atoms with Gasteiger partial charge in [-0.05, 0) is 19.4 Å². The van der Waals surface area contributed by atoms with E-state index < -0.39 is 0 Å². The van der Waals surface area contributed by atoms with Crippen molar-refractivity contribution in [3.05, 3.63) is 34.9 Å². The van der Waals surface area contributed by atoms with E-state index in [-0.39, 0.29) is 5.91 Å². The van der Waals surface area contributed by atoms with Crippen LogP contribution in [0.4, 0.5) is 0 Å². The number of quaternary nitrogens is 1. The second-order valence-corrected chi connectivity index (χ2v) is 5.36. The normalized spacial score (nSPS) is 16.9. The average Bonchev–Trinajstić information content (AvgIpc) is 2.34. The molecule has 0 aliphatic carbocycles. The molecule has 0 spiro atoms. The fourth-order valence-electron chi connectivity index (χ4n) is 2.57. The molecule has 0 bridgehead atoms. The SMILES string of the molecule is CC(=O)N1CC[NH+](Cc2cc(C)ccc2C)CC1. The Hall–Kier alpha value is -1.35. The molecule has 0 radical (unpaired) electrons. The van der Waals surface area contributed by atoms with E-state index in [9.17, 15) is 4.79 Å². The molecule has 0 unspecified atom stereocenters. The summed E-state index contributed by atoms with van der Waals surface area (Å²) in [7, 11) is 0. The van der Waals surface area contributed by atoms with Crippen LogP contribution in [0, 0.1) is 13.8 Å². The van der Waals surface area contributed by atoms with Gasteiger partial charge in [0.1, 0.15) is 6.54 Å². The van der Waals surface area contributed by atoms with Gasteiger partial charge in [0.15, 0.2) is 0 Å². The lowest BCUT2D eigenvalue weighted by molar-refractivity contribution is -0.917. The Bertz CT molecular complexity index is 434. The zero-order valence-electron chi connectivity index (χ0n) is 11.6. The molecule has 1 amide bonds. The van der Waals surface area contributed by atoms with Gasteiger partial charge in [0.2, 0.25) is 5.91 Å². The van der Waals surface area contributed by atoms with Crippen molar-refractivity contribution in [3.63, 3.8) is 0 Å². The maximum atomic E-state index is 11.3. The Morgan fingerprint density at radius 1 is 1.28 bits per heavy atom. The van der Waals surface area contributed by atoms with E-state index in [1.165, 1.54) is 16.7 Å². The zero-order chi connectivity index (χ0) is 13.1. The Morgan fingerprint density at radius 2 is 1.94 bits per heavy atom. The maximum Gasteiger partial charge on any atom is 0.219 e. The van der Waals surface area contributed by atoms with E-state index in [1.807, 2.05) is 4.90 Å². The summed E-state index contributed by atoms with van der Waals surface area (Å²) in [6.45, 7) is 11.0. The van der Waals surface area contributed by atoms with Gasteiger partial charge in [0.25, 0.3) is 0 Å². The van der Waals surface area contributed by atoms with Gasteiger partial charge in [-0.1, -0.05) is 23.8 Å². The number of piperazine rings is 1. The monoisotopic (exact) mass is 247 g/mol. The number of hydrogen-bond acceptors (Lipinski definition) is 1. The lowest BCUT2D eigenvalue weighted by atomic mass is 10.0. The quantitative estimate of drug-likeness (QED) is 0.811. The Labute approximate surface area is 109 Å². The first-order chi connectivity index (χ1) is 8.56. The molecule has 0 saturated carbocycles. The number of carbonyl (C=O) groups excluding carboxylic acids is 1. The third-order valence-electron chi connectivity index (χ3n) is 3.86. The van der Waals surface area contributed by atoms with Gasteiger partial charge in [-0.25, -0.2) is 0 Å². The molecular formula is C15H23N2O+. The first kappa shape index (κ1) is 13.1. The number of benzene rings is 1. The van der Waals surface area contributed by atoms with Gasteiger partial charge in [-0.15, -0.1) is 0 Å². The average molecular weight is 247 g/mol. The molecule has 1 N–H and O–H groups in total. The van der Waals surface area contributed by atoms with Crippen LogP contribution in [0.5, 0.6) is 0 Å². The van der Waals surface area contributed by atoms with E-state index in [0.29, 0.717) is 0 Å². The van der Waals surface area contributed by atoms with Crippen molar-refractivity contribution in [2.45, 2.75) is 27.3 Å². The summed E-state index contributed by atoms with van der Waals surface area (Å²) in [6.07, 6.45) is 0. The fourth-order valence-corrected chi connectivity index (χ4v) is 2.57. The summed E-state index contributed by atoms with van der Waals surface area (Å²) in [5.41, 5.74) is 4.15. The fraction of sp³-hybridized carbons (Fsp3) is 0.533. The predicted molar refractivity (Wildman–Crippen MR) is 72.6 cm³/mol. The van der Waals surface area contributed by atoms with Crippen LogP contribution in [0.1, 0.15) is 23.6 Å². The summed E-state index contributed by atoms with van der Waals surface area (Å²) in [5.74, 6) is 0.209. The molecule has 2 rings (SSSR count). The van der Waals surface area contributed by atoms with Crippen molar-refractivity contribution in [2.75, 3.05) is 26.2 Å². The molecule has 1 fully saturated rings. The molecule has 1 aliphatic heterocycles. The third-order valence-corrected chi connectivity index (χ3v) is 3.86. The number of rotatable bonds is 2. The van der Waals surface area contributed by atoms with Crippen LogP contribution < -0.4 is 4.90 Å². The molecule has 18 heavy (non-hydrogen) atoms. The van der Waals surface area contributed by atoms with Gasteiger partial charge in [-0.2, -0.15) is 0 Å². The van der Waals surface area contributed by atoms with E-state index in [4.69, 9.17) is 0 Å². The van der Waals surface area contributed by atoms with E-state index in [2.05, 4.69) is 32.0 Å². The molecule has 3 heteroatoms. The van der Waals surface area contributed by atoms with E-state index >= 15 is 0 Å². The summed E-state index contributed by atoms with van der Waals surface area (Å²) >= 11 is 0. The number of aryl methyl sites for hydroxylation is 2. The highest BCUT2D eigenvalue weighted by Crippen LogP contribution is 2.09. The van der Waals surface area contributed by atoms with Gasteiger partial charge in [0, 0.05) is 12.5 Å². The van der Waals surface area contributed by atoms with Crippen LogP contribution in [0.3, 0.4) is 0 Å². The second-order valence-electron chi connectivity index (χ2n) is 5.36. The van der Waals surface area contributed by atoms with E-state index in [0.717, 1.165) is 32.7 Å². The Morgan fingerprint density at radius 3 is 2.56 bits per heavy atom. The van der Waals surface area contributed by atoms with Crippen molar-refractivity contribution < 1.29 is 9.69 Å². The van der Waals surface area contributed by atoms with Crippen LogP contribution in [0.25, 0.3) is 0 Å². The topological polar surface area (TPSA) is 24.8 Å². The molecule has 3 nitrogen and oxygen atoms in total. The molecule has 1 aromatic carbocycles. The highest BCUT2D eigenvalue weighted by atomic mass is 16.2. The number of nitrogens with one attached hydrogen (secondary N) is 1. The van der Waals surface area contributed by atoms with Gasteiger partial charge in [-0.3, -0.25) is 4.79 Å².